The Morgan fingerprint density at radius 2 is 1.82 bits per heavy atom. The van der Waals surface area contributed by atoms with Crippen LogP contribution in [0, 0.1) is 0 Å². The lowest BCUT2D eigenvalue weighted by Crippen LogP contribution is -2.45. The average molecular weight is 252 g/mol. The summed E-state index contributed by atoms with van der Waals surface area (Å²) in [7, 11) is 0. The minimum Gasteiger partial charge on any atom is -0.310 e. The van der Waals surface area contributed by atoms with Crippen molar-refractivity contribution in [2.45, 2.75) is 44.1 Å². The Balaban J connectivity index is 1.69. The van der Waals surface area contributed by atoms with Crippen molar-refractivity contribution < 1.29 is 0 Å². The lowest BCUT2D eigenvalue weighted by atomic mass is 10.00. The summed E-state index contributed by atoms with van der Waals surface area (Å²) in [5.74, 6) is 0.762. The van der Waals surface area contributed by atoms with Gasteiger partial charge < -0.3 is 5.32 Å². The first-order chi connectivity index (χ1) is 8.35. The summed E-state index contributed by atoms with van der Waals surface area (Å²) in [5, 5.41) is 3.68. The summed E-state index contributed by atoms with van der Waals surface area (Å²) in [6, 6.07) is 10.7. The second-order valence-electron chi connectivity index (χ2n) is 5.14. The van der Waals surface area contributed by atoms with Gasteiger partial charge in [0.1, 0.15) is 0 Å². The summed E-state index contributed by atoms with van der Waals surface area (Å²) in [5.41, 5.74) is 1.68. The fourth-order valence-electron chi connectivity index (χ4n) is 2.70. The molecule has 2 heteroatoms. The van der Waals surface area contributed by atoms with Gasteiger partial charge in [-0.1, -0.05) is 43.2 Å². The molecule has 0 amide bonds. The molecule has 0 radical (unpaired) electrons. The molecular formula is C15H22ClN. The van der Waals surface area contributed by atoms with Crippen LogP contribution in [0.15, 0.2) is 30.3 Å². The van der Waals surface area contributed by atoms with E-state index < -0.39 is 0 Å². The molecule has 0 unspecified atom stereocenters. The summed E-state index contributed by atoms with van der Waals surface area (Å²) in [6.07, 6.45) is 7.52. The van der Waals surface area contributed by atoms with Crippen LogP contribution < -0.4 is 5.32 Å². The maximum atomic E-state index is 6.10. The van der Waals surface area contributed by atoms with E-state index in [2.05, 4.69) is 35.6 Å². The lowest BCUT2D eigenvalue weighted by Gasteiger charge is -2.28. The number of nitrogens with one attached hydrogen (secondary N) is 1. The molecule has 0 aromatic heterocycles. The topological polar surface area (TPSA) is 12.0 Å². The maximum Gasteiger partial charge on any atom is 0.0406 e. The van der Waals surface area contributed by atoms with Gasteiger partial charge in [-0.25, -0.2) is 0 Å². The predicted octanol–water partition coefficient (Wildman–Crippen LogP) is 3.76. The molecule has 1 nitrogen and oxygen atoms in total. The molecule has 0 atom stereocenters. The Morgan fingerprint density at radius 1 is 1.12 bits per heavy atom. The van der Waals surface area contributed by atoms with Gasteiger partial charge >= 0.3 is 0 Å². The SMILES string of the molecule is ClCC1(NCCCc2ccccc2)CCCC1. The van der Waals surface area contributed by atoms with Gasteiger partial charge in [-0.2, -0.15) is 0 Å². The van der Waals surface area contributed by atoms with E-state index in [1.807, 2.05) is 0 Å². The van der Waals surface area contributed by atoms with Crippen LogP contribution in [0.4, 0.5) is 0 Å². The van der Waals surface area contributed by atoms with Gasteiger partial charge in [-0.3, -0.25) is 0 Å². The summed E-state index contributed by atoms with van der Waals surface area (Å²) in [4.78, 5) is 0. The van der Waals surface area contributed by atoms with Crippen LogP contribution in [0.3, 0.4) is 0 Å². The zero-order chi connectivity index (χ0) is 12.0. The van der Waals surface area contributed by atoms with E-state index in [1.54, 1.807) is 0 Å². The lowest BCUT2D eigenvalue weighted by molar-refractivity contribution is 0.368. The van der Waals surface area contributed by atoms with Gasteiger partial charge in [0.2, 0.25) is 0 Å². The Morgan fingerprint density at radius 3 is 2.47 bits per heavy atom. The molecular weight excluding hydrogens is 230 g/mol. The molecule has 94 valence electrons. The maximum absolute atomic E-state index is 6.10. The second kappa shape index (κ2) is 6.42. The normalized spacial score (nSPS) is 18.4. The van der Waals surface area contributed by atoms with Gasteiger partial charge in [0, 0.05) is 11.4 Å². The number of aryl methyl sites for hydroxylation is 1. The van der Waals surface area contributed by atoms with Crippen LogP contribution in [0.1, 0.15) is 37.7 Å². The number of hydrogen-bond acceptors (Lipinski definition) is 1. The molecule has 0 aliphatic heterocycles. The number of rotatable bonds is 6. The Labute approximate surface area is 110 Å². The van der Waals surface area contributed by atoms with E-state index in [0.717, 1.165) is 18.8 Å². The van der Waals surface area contributed by atoms with E-state index in [9.17, 15) is 0 Å². The number of benzene rings is 1. The molecule has 1 aromatic rings. The van der Waals surface area contributed by atoms with Crippen LogP contribution in [0.5, 0.6) is 0 Å². The van der Waals surface area contributed by atoms with Crippen molar-refractivity contribution in [3.63, 3.8) is 0 Å². The van der Waals surface area contributed by atoms with E-state index in [-0.39, 0.29) is 5.54 Å². The van der Waals surface area contributed by atoms with Crippen LogP contribution >= 0.6 is 11.6 Å². The first kappa shape index (κ1) is 12.9. The third kappa shape index (κ3) is 3.72. The van der Waals surface area contributed by atoms with Gasteiger partial charge in [0.15, 0.2) is 0 Å². The summed E-state index contributed by atoms with van der Waals surface area (Å²) < 4.78 is 0. The third-order valence-corrected chi connectivity index (χ3v) is 4.31. The monoisotopic (exact) mass is 251 g/mol. The van der Waals surface area contributed by atoms with Gasteiger partial charge in [-0.05, 0) is 37.8 Å². The molecule has 1 aliphatic rings. The standard InChI is InChI=1S/C15H22ClN/c16-13-15(10-4-5-11-15)17-12-6-9-14-7-2-1-3-8-14/h1-3,7-8,17H,4-6,9-13H2. The van der Waals surface area contributed by atoms with Gasteiger partial charge in [0.05, 0.1) is 0 Å². The molecule has 1 aromatic carbocycles. The Bertz CT molecular complexity index is 317. The highest BCUT2D eigenvalue weighted by Crippen LogP contribution is 2.30. The largest absolute Gasteiger partial charge is 0.310 e. The molecule has 1 aliphatic carbocycles. The smallest absolute Gasteiger partial charge is 0.0406 e. The molecule has 1 N–H and O–H groups in total. The van der Waals surface area contributed by atoms with Crippen molar-refractivity contribution >= 4 is 11.6 Å². The molecule has 0 bridgehead atoms. The van der Waals surface area contributed by atoms with E-state index >= 15 is 0 Å². The molecule has 0 saturated heterocycles. The van der Waals surface area contributed by atoms with Crippen molar-refractivity contribution in [2.75, 3.05) is 12.4 Å². The molecule has 0 heterocycles. The van der Waals surface area contributed by atoms with Crippen LogP contribution in [-0.2, 0) is 6.42 Å². The number of alkyl halides is 1. The minimum atomic E-state index is 0.248. The zero-order valence-electron chi connectivity index (χ0n) is 10.4. The van der Waals surface area contributed by atoms with Crippen molar-refractivity contribution in [2.24, 2.45) is 0 Å². The number of hydrogen-bond donors (Lipinski definition) is 1. The van der Waals surface area contributed by atoms with Gasteiger partial charge in [0.25, 0.3) is 0 Å². The van der Waals surface area contributed by atoms with E-state index in [4.69, 9.17) is 11.6 Å². The van der Waals surface area contributed by atoms with Crippen molar-refractivity contribution in [3.8, 4) is 0 Å². The first-order valence-corrected chi connectivity index (χ1v) is 7.23. The van der Waals surface area contributed by atoms with Crippen molar-refractivity contribution in [1.82, 2.24) is 5.32 Å². The average Bonchev–Trinajstić information content (AvgIpc) is 2.85. The summed E-state index contributed by atoms with van der Waals surface area (Å²) >= 11 is 6.10. The summed E-state index contributed by atoms with van der Waals surface area (Å²) in [6.45, 7) is 1.08. The first-order valence-electron chi connectivity index (χ1n) is 6.70. The van der Waals surface area contributed by atoms with Crippen LogP contribution in [0.2, 0.25) is 0 Å². The Hall–Kier alpha value is -0.530. The highest BCUT2D eigenvalue weighted by molar-refractivity contribution is 6.18. The predicted molar refractivity (Wildman–Crippen MR) is 74.7 cm³/mol. The molecule has 2 rings (SSSR count). The van der Waals surface area contributed by atoms with Crippen molar-refractivity contribution in [3.05, 3.63) is 35.9 Å². The Kier molecular flexibility index (Phi) is 4.87. The minimum absolute atomic E-state index is 0.248. The highest BCUT2D eigenvalue weighted by Gasteiger charge is 2.31. The van der Waals surface area contributed by atoms with E-state index in [1.165, 1.54) is 37.7 Å². The highest BCUT2D eigenvalue weighted by atomic mass is 35.5. The van der Waals surface area contributed by atoms with Crippen LogP contribution in [0.25, 0.3) is 0 Å². The number of halogens is 1. The quantitative estimate of drug-likeness (QED) is 0.600. The second-order valence-corrected chi connectivity index (χ2v) is 5.40. The molecule has 17 heavy (non-hydrogen) atoms. The molecule has 0 spiro atoms. The zero-order valence-corrected chi connectivity index (χ0v) is 11.2. The van der Waals surface area contributed by atoms with E-state index in [0.29, 0.717) is 0 Å². The third-order valence-electron chi connectivity index (χ3n) is 3.80. The van der Waals surface area contributed by atoms with Crippen molar-refractivity contribution in [1.29, 1.82) is 0 Å². The van der Waals surface area contributed by atoms with Gasteiger partial charge in [-0.15, -0.1) is 11.6 Å². The molecule has 1 fully saturated rings. The fourth-order valence-corrected chi connectivity index (χ4v) is 3.06. The fraction of sp³-hybridized carbons (Fsp3) is 0.600. The van der Waals surface area contributed by atoms with Crippen LogP contribution in [-0.4, -0.2) is 18.0 Å². The molecule has 1 saturated carbocycles.